The summed E-state index contributed by atoms with van der Waals surface area (Å²) in [6, 6.07) is 1.88. The number of nitrogens with zero attached hydrogens (tertiary/aromatic N) is 3. The predicted molar refractivity (Wildman–Crippen MR) is 53.4 cm³/mol. The maximum absolute atomic E-state index is 5.79. The Bertz CT molecular complexity index is 454. The molecule has 0 amide bonds. The third kappa shape index (κ3) is 1.47. The number of methoxy groups -OCH3 is 1. The number of halogens is 1. The van der Waals surface area contributed by atoms with E-state index in [1.165, 1.54) is 0 Å². The Morgan fingerprint density at radius 2 is 2.36 bits per heavy atom. The summed E-state index contributed by atoms with van der Waals surface area (Å²) in [5.74, 6) is 0. The van der Waals surface area contributed by atoms with Crippen molar-refractivity contribution in [2.24, 2.45) is 0 Å². The lowest BCUT2D eigenvalue weighted by Gasteiger charge is -2.09. The molecule has 74 valence electrons. The van der Waals surface area contributed by atoms with Crippen LogP contribution in [0.4, 0.5) is 0 Å². The molecule has 0 saturated heterocycles. The second-order valence-electron chi connectivity index (χ2n) is 3.00. The largest absolute Gasteiger partial charge is 0.377 e. The maximum atomic E-state index is 5.79. The number of ether oxygens (including phenoxy) is 1. The van der Waals surface area contributed by atoms with E-state index in [4.69, 9.17) is 16.3 Å². The van der Waals surface area contributed by atoms with Crippen molar-refractivity contribution in [2.75, 3.05) is 7.11 Å². The highest BCUT2D eigenvalue weighted by molar-refractivity contribution is 6.29. The van der Waals surface area contributed by atoms with Crippen molar-refractivity contribution in [2.45, 2.75) is 13.0 Å². The van der Waals surface area contributed by atoms with Crippen LogP contribution in [0.1, 0.15) is 18.6 Å². The van der Waals surface area contributed by atoms with Crippen LogP contribution in [0.3, 0.4) is 0 Å². The molecule has 0 aliphatic heterocycles. The molecule has 0 fully saturated rings. The zero-order valence-corrected chi connectivity index (χ0v) is 8.69. The van der Waals surface area contributed by atoms with Gasteiger partial charge in [-0.15, -0.1) is 0 Å². The molecular weight excluding hydrogens is 202 g/mol. The van der Waals surface area contributed by atoms with Crippen molar-refractivity contribution in [1.29, 1.82) is 0 Å². The smallest absolute Gasteiger partial charge is 0.161 e. The summed E-state index contributed by atoms with van der Waals surface area (Å²) in [5, 5.41) is 4.53. The summed E-state index contributed by atoms with van der Waals surface area (Å²) in [7, 11) is 1.66. The van der Waals surface area contributed by atoms with Crippen molar-refractivity contribution in [3.63, 3.8) is 0 Å². The lowest BCUT2D eigenvalue weighted by molar-refractivity contribution is 0.120. The van der Waals surface area contributed by atoms with Crippen molar-refractivity contribution < 1.29 is 4.74 Å². The summed E-state index contributed by atoms with van der Waals surface area (Å²) in [6.45, 7) is 1.96. The van der Waals surface area contributed by atoms with Gasteiger partial charge in [0.1, 0.15) is 5.15 Å². The molecule has 2 rings (SSSR count). The highest BCUT2D eigenvalue weighted by Crippen LogP contribution is 2.20. The van der Waals surface area contributed by atoms with Crippen LogP contribution in [-0.4, -0.2) is 21.7 Å². The van der Waals surface area contributed by atoms with E-state index in [-0.39, 0.29) is 6.10 Å². The van der Waals surface area contributed by atoms with Gasteiger partial charge in [-0.2, -0.15) is 5.10 Å². The number of rotatable bonds is 2. The molecule has 0 aliphatic rings. The van der Waals surface area contributed by atoms with E-state index < -0.39 is 0 Å². The van der Waals surface area contributed by atoms with E-state index in [1.54, 1.807) is 24.0 Å². The fraction of sp³-hybridized carbons (Fsp3) is 0.333. The van der Waals surface area contributed by atoms with E-state index in [9.17, 15) is 0 Å². The quantitative estimate of drug-likeness (QED) is 0.764. The van der Waals surface area contributed by atoms with Gasteiger partial charge in [-0.05, 0) is 13.0 Å². The molecule has 2 heterocycles. The second kappa shape index (κ2) is 3.55. The standard InChI is InChI=1S/C9H10ClN3O/c1-6(14-2)7-3-4-11-13-5-8(10)12-9(7)13/h3-6H,1-2H3/t6-/m1/s1. The van der Waals surface area contributed by atoms with Crippen LogP contribution in [-0.2, 0) is 4.74 Å². The third-order valence-corrected chi connectivity index (χ3v) is 2.34. The van der Waals surface area contributed by atoms with E-state index in [1.807, 2.05) is 13.0 Å². The molecule has 0 bridgehead atoms. The van der Waals surface area contributed by atoms with E-state index in [2.05, 4.69) is 10.1 Å². The molecule has 0 aromatic carbocycles. The van der Waals surface area contributed by atoms with Crippen molar-refractivity contribution in [3.8, 4) is 0 Å². The highest BCUT2D eigenvalue weighted by atomic mass is 35.5. The van der Waals surface area contributed by atoms with Crippen LogP contribution in [0.2, 0.25) is 5.15 Å². The fourth-order valence-corrected chi connectivity index (χ4v) is 1.50. The van der Waals surface area contributed by atoms with Gasteiger partial charge < -0.3 is 4.74 Å². The first-order chi connectivity index (χ1) is 6.72. The summed E-state index contributed by atoms with van der Waals surface area (Å²) >= 11 is 5.79. The minimum atomic E-state index is -0.0148. The fourth-order valence-electron chi connectivity index (χ4n) is 1.33. The molecule has 4 nitrogen and oxygen atoms in total. The average Bonchev–Trinajstić information content (AvgIpc) is 2.56. The van der Waals surface area contributed by atoms with Crippen LogP contribution in [0.5, 0.6) is 0 Å². The maximum Gasteiger partial charge on any atom is 0.161 e. The summed E-state index contributed by atoms with van der Waals surface area (Å²) < 4.78 is 6.88. The zero-order valence-electron chi connectivity index (χ0n) is 7.94. The first kappa shape index (κ1) is 9.43. The average molecular weight is 212 g/mol. The van der Waals surface area contributed by atoms with Gasteiger partial charge in [-0.1, -0.05) is 11.6 Å². The van der Waals surface area contributed by atoms with Crippen molar-refractivity contribution >= 4 is 17.2 Å². The predicted octanol–water partition coefficient (Wildman–Crippen LogP) is 2.09. The molecule has 2 aromatic rings. The molecular formula is C9H10ClN3O. The monoisotopic (exact) mass is 211 g/mol. The van der Waals surface area contributed by atoms with Crippen LogP contribution in [0.25, 0.3) is 5.65 Å². The van der Waals surface area contributed by atoms with Gasteiger partial charge in [0.05, 0.1) is 12.3 Å². The number of hydrogen-bond acceptors (Lipinski definition) is 3. The summed E-state index contributed by atoms with van der Waals surface area (Å²) in [4.78, 5) is 4.17. The first-order valence-corrected chi connectivity index (χ1v) is 4.62. The molecule has 1 atom stereocenters. The lowest BCUT2D eigenvalue weighted by Crippen LogP contribution is -2.01. The number of imidazole rings is 1. The third-order valence-electron chi connectivity index (χ3n) is 2.15. The number of aromatic nitrogens is 3. The number of hydrogen-bond donors (Lipinski definition) is 0. The molecule has 0 spiro atoms. The molecule has 0 saturated carbocycles. The van der Waals surface area contributed by atoms with Crippen molar-refractivity contribution in [1.82, 2.24) is 14.6 Å². The van der Waals surface area contributed by atoms with Crippen LogP contribution >= 0.6 is 11.6 Å². The van der Waals surface area contributed by atoms with Crippen molar-refractivity contribution in [3.05, 3.63) is 29.2 Å². The van der Waals surface area contributed by atoms with E-state index in [0.29, 0.717) is 5.15 Å². The Hall–Kier alpha value is -1.13. The van der Waals surface area contributed by atoms with Gasteiger partial charge in [0.25, 0.3) is 0 Å². The Kier molecular flexibility index (Phi) is 2.39. The Balaban J connectivity index is 2.64. The van der Waals surface area contributed by atoms with Crippen LogP contribution < -0.4 is 0 Å². The van der Waals surface area contributed by atoms with Crippen LogP contribution in [0.15, 0.2) is 18.5 Å². The van der Waals surface area contributed by atoms with Gasteiger partial charge in [-0.25, -0.2) is 9.50 Å². The zero-order chi connectivity index (χ0) is 10.1. The molecule has 0 N–H and O–H groups in total. The molecule has 0 unspecified atom stereocenters. The molecule has 0 radical (unpaired) electrons. The van der Waals surface area contributed by atoms with E-state index in [0.717, 1.165) is 11.2 Å². The lowest BCUT2D eigenvalue weighted by atomic mass is 10.2. The minimum absolute atomic E-state index is 0.0148. The van der Waals surface area contributed by atoms with Gasteiger partial charge in [0.15, 0.2) is 5.65 Å². The SMILES string of the molecule is CO[C@H](C)c1ccnn2cc(Cl)nc12. The Labute approximate surface area is 86.5 Å². The summed E-state index contributed by atoms with van der Waals surface area (Å²) in [5.41, 5.74) is 1.72. The molecule has 0 aliphatic carbocycles. The Morgan fingerprint density at radius 3 is 3.07 bits per heavy atom. The summed E-state index contributed by atoms with van der Waals surface area (Å²) in [6.07, 6.45) is 3.36. The normalized spacial score (nSPS) is 13.4. The first-order valence-electron chi connectivity index (χ1n) is 4.25. The number of fused-ring (bicyclic) bond motifs is 1. The van der Waals surface area contributed by atoms with E-state index >= 15 is 0 Å². The van der Waals surface area contributed by atoms with Crippen LogP contribution in [0, 0.1) is 0 Å². The van der Waals surface area contributed by atoms with Gasteiger partial charge in [-0.3, -0.25) is 0 Å². The highest BCUT2D eigenvalue weighted by Gasteiger charge is 2.11. The molecule has 5 heteroatoms. The minimum Gasteiger partial charge on any atom is -0.377 e. The second-order valence-corrected chi connectivity index (χ2v) is 3.38. The Morgan fingerprint density at radius 1 is 1.57 bits per heavy atom. The van der Waals surface area contributed by atoms with Gasteiger partial charge >= 0.3 is 0 Å². The van der Waals surface area contributed by atoms with Gasteiger partial charge in [0.2, 0.25) is 0 Å². The molecule has 2 aromatic heterocycles. The van der Waals surface area contributed by atoms with Gasteiger partial charge in [0, 0.05) is 18.9 Å². The molecule has 14 heavy (non-hydrogen) atoms. The topological polar surface area (TPSA) is 39.4 Å².